The number of hydrogen-bond acceptors (Lipinski definition) is 4. The summed E-state index contributed by atoms with van der Waals surface area (Å²) >= 11 is 1.78. The molecule has 0 spiro atoms. The van der Waals surface area contributed by atoms with Gasteiger partial charge >= 0.3 is 0 Å². The summed E-state index contributed by atoms with van der Waals surface area (Å²) in [7, 11) is 0. The fourth-order valence-corrected chi connectivity index (χ4v) is 4.05. The lowest BCUT2D eigenvalue weighted by molar-refractivity contribution is 0.0939. The Labute approximate surface area is 144 Å². The number of carbonyl (C=O) groups excluding carboxylic acids is 1. The van der Waals surface area contributed by atoms with Gasteiger partial charge in [-0.05, 0) is 23.3 Å². The Morgan fingerprint density at radius 1 is 1.21 bits per heavy atom. The number of fused-ring (bicyclic) bond motifs is 1. The molecule has 3 aromatic rings. The van der Waals surface area contributed by atoms with Crippen molar-refractivity contribution in [1.29, 1.82) is 0 Å². The van der Waals surface area contributed by atoms with Crippen molar-refractivity contribution < 1.29 is 4.79 Å². The highest BCUT2D eigenvalue weighted by molar-refractivity contribution is 7.99. The number of benzene rings is 2. The Morgan fingerprint density at radius 3 is 2.92 bits per heavy atom. The molecule has 0 saturated heterocycles. The van der Waals surface area contributed by atoms with Crippen molar-refractivity contribution in [2.45, 2.75) is 17.5 Å². The summed E-state index contributed by atoms with van der Waals surface area (Å²) < 4.78 is 1.72. The average molecular weight is 336 g/mol. The summed E-state index contributed by atoms with van der Waals surface area (Å²) in [5, 5.41) is 7.28. The molecule has 0 saturated carbocycles. The largest absolute Gasteiger partial charge is 0.344 e. The molecule has 2 aromatic carbocycles. The first-order valence-electron chi connectivity index (χ1n) is 7.74. The van der Waals surface area contributed by atoms with Crippen molar-refractivity contribution in [3.63, 3.8) is 0 Å². The number of hydrogen-bond donors (Lipinski definition) is 1. The zero-order valence-corrected chi connectivity index (χ0v) is 13.7. The third kappa shape index (κ3) is 2.92. The quantitative estimate of drug-likeness (QED) is 0.796. The molecule has 120 valence electrons. The fourth-order valence-electron chi connectivity index (χ4n) is 2.89. The maximum atomic E-state index is 12.8. The van der Waals surface area contributed by atoms with Gasteiger partial charge in [0.15, 0.2) is 0 Å². The van der Waals surface area contributed by atoms with Crippen LogP contribution in [-0.2, 0) is 6.54 Å². The average Bonchev–Trinajstić information content (AvgIpc) is 3.26. The molecule has 6 heteroatoms. The molecule has 1 amide bonds. The van der Waals surface area contributed by atoms with E-state index >= 15 is 0 Å². The normalized spacial score (nSPS) is 15.9. The molecule has 24 heavy (non-hydrogen) atoms. The minimum absolute atomic E-state index is 0.0481. The molecule has 1 aliphatic heterocycles. The van der Waals surface area contributed by atoms with Crippen LogP contribution in [0, 0.1) is 0 Å². The Hall–Kier alpha value is -2.60. The van der Waals surface area contributed by atoms with E-state index in [0.29, 0.717) is 12.1 Å². The van der Waals surface area contributed by atoms with Gasteiger partial charge in [-0.25, -0.2) is 9.67 Å². The Bertz CT molecular complexity index is 863. The van der Waals surface area contributed by atoms with Crippen molar-refractivity contribution >= 4 is 17.7 Å². The van der Waals surface area contributed by atoms with Crippen LogP contribution in [-0.4, -0.2) is 26.4 Å². The van der Waals surface area contributed by atoms with Crippen molar-refractivity contribution in [2.24, 2.45) is 0 Å². The highest BCUT2D eigenvalue weighted by Crippen LogP contribution is 2.37. The SMILES string of the molecule is O=C(NC1CSc2ccccc21)c1ccccc1Cn1cncn1. The highest BCUT2D eigenvalue weighted by atomic mass is 32.2. The van der Waals surface area contributed by atoms with Gasteiger partial charge in [-0.2, -0.15) is 5.10 Å². The summed E-state index contributed by atoms with van der Waals surface area (Å²) in [5.74, 6) is 0.823. The van der Waals surface area contributed by atoms with Gasteiger partial charge in [-0.15, -0.1) is 11.8 Å². The first-order chi connectivity index (χ1) is 11.8. The predicted molar refractivity (Wildman–Crippen MR) is 92.9 cm³/mol. The van der Waals surface area contributed by atoms with Gasteiger partial charge in [0.2, 0.25) is 0 Å². The van der Waals surface area contributed by atoms with Crippen LogP contribution in [0.15, 0.2) is 66.1 Å². The minimum atomic E-state index is -0.0481. The molecule has 2 heterocycles. The van der Waals surface area contributed by atoms with Crippen LogP contribution in [0.5, 0.6) is 0 Å². The number of carbonyl (C=O) groups is 1. The molecule has 1 aromatic heterocycles. The lowest BCUT2D eigenvalue weighted by Crippen LogP contribution is -2.29. The van der Waals surface area contributed by atoms with Crippen molar-refractivity contribution in [2.75, 3.05) is 5.75 Å². The topological polar surface area (TPSA) is 59.8 Å². The van der Waals surface area contributed by atoms with Crippen molar-refractivity contribution in [3.8, 4) is 0 Å². The number of thioether (sulfide) groups is 1. The van der Waals surface area contributed by atoms with E-state index in [9.17, 15) is 4.79 Å². The lowest BCUT2D eigenvalue weighted by atomic mass is 10.0. The third-order valence-electron chi connectivity index (χ3n) is 4.07. The maximum absolute atomic E-state index is 12.8. The fraction of sp³-hybridized carbons (Fsp3) is 0.167. The van der Waals surface area contributed by atoms with E-state index in [1.54, 1.807) is 22.8 Å². The number of nitrogens with zero attached hydrogens (tertiary/aromatic N) is 3. The summed E-state index contributed by atoms with van der Waals surface area (Å²) in [6, 6.07) is 15.9. The van der Waals surface area contributed by atoms with E-state index < -0.39 is 0 Å². The second-order valence-corrected chi connectivity index (χ2v) is 6.69. The molecule has 0 aliphatic carbocycles. The number of amides is 1. The molecule has 0 bridgehead atoms. The van der Waals surface area contributed by atoms with E-state index in [1.807, 2.05) is 36.4 Å². The molecule has 1 atom stereocenters. The van der Waals surface area contributed by atoms with Gasteiger partial charge in [0.1, 0.15) is 12.7 Å². The smallest absolute Gasteiger partial charge is 0.252 e. The third-order valence-corrected chi connectivity index (χ3v) is 5.25. The van der Waals surface area contributed by atoms with Gasteiger partial charge in [0, 0.05) is 16.2 Å². The van der Waals surface area contributed by atoms with E-state index in [4.69, 9.17) is 0 Å². The Balaban J connectivity index is 1.55. The van der Waals surface area contributed by atoms with Crippen LogP contribution in [0.4, 0.5) is 0 Å². The molecule has 0 radical (unpaired) electrons. The van der Waals surface area contributed by atoms with E-state index in [-0.39, 0.29) is 11.9 Å². The zero-order chi connectivity index (χ0) is 16.4. The second-order valence-electron chi connectivity index (χ2n) is 5.63. The van der Waals surface area contributed by atoms with Crippen LogP contribution < -0.4 is 5.32 Å². The number of aromatic nitrogens is 3. The van der Waals surface area contributed by atoms with Gasteiger partial charge < -0.3 is 5.32 Å². The summed E-state index contributed by atoms with van der Waals surface area (Å²) in [6.45, 7) is 0.527. The zero-order valence-electron chi connectivity index (χ0n) is 12.9. The predicted octanol–water partition coefficient (Wildman–Crippen LogP) is 2.90. The second kappa shape index (κ2) is 6.49. The maximum Gasteiger partial charge on any atom is 0.252 e. The van der Waals surface area contributed by atoms with Crippen molar-refractivity contribution in [1.82, 2.24) is 20.1 Å². The number of rotatable bonds is 4. The molecule has 5 nitrogen and oxygen atoms in total. The van der Waals surface area contributed by atoms with Gasteiger partial charge in [-0.3, -0.25) is 4.79 Å². The highest BCUT2D eigenvalue weighted by Gasteiger charge is 2.25. The van der Waals surface area contributed by atoms with Crippen LogP contribution in [0.2, 0.25) is 0 Å². The van der Waals surface area contributed by atoms with E-state index in [1.165, 1.54) is 16.8 Å². The molecule has 1 aliphatic rings. The minimum Gasteiger partial charge on any atom is -0.344 e. The van der Waals surface area contributed by atoms with Crippen LogP contribution in [0.25, 0.3) is 0 Å². The molecule has 1 unspecified atom stereocenters. The molecular formula is C18H16N4OS. The van der Waals surface area contributed by atoms with Crippen LogP contribution >= 0.6 is 11.8 Å². The van der Waals surface area contributed by atoms with Crippen LogP contribution in [0.1, 0.15) is 27.5 Å². The van der Waals surface area contributed by atoms with Crippen molar-refractivity contribution in [3.05, 3.63) is 77.9 Å². The molecule has 0 fully saturated rings. The molecular weight excluding hydrogens is 320 g/mol. The Morgan fingerprint density at radius 2 is 2.04 bits per heavy atom. The summed E-state index contributed by atoms with van der Waals surface area (Å²) in [6.07, 6.45) is 3.15. The Kier molecular flexibility index (Phi) is 4.04. The van der Waals surface area contributed by atoms with E-state index in [0.717, 1.165) is 11.3 Å². The van der Waals surface area contributed by atoms with Gasteiger partial charge in [-0.1, -0.05) is 36.4 Å². The molecule has 1 N–H and O–H groups in total. The first-order valence-corrected chi connectivity index (χ1v) is 8.73. The van der Waals surface area contributed by atoms with E-state index in [2.05, 4.69) is 27.5 Å². The monoisotopic (exact) mass is 336 g/mol. The number of nitrogens with one attached hydrogen (secondary N) is 1. The first kappa shape index (κ1) is 15.0. The lowest BCUT2D eigenvalue weighted by Gasteiger charge is -2.15. The van der Waals surface area contributed by atoms with Gasteiger partial charge in [0.25, 0.3) is 5.91 Å². The molecule has 4 rings (SSSR count). The summed E-state index contributed by atoms with van der Waals surface area (Å²) in [4.78, 5) is 18.0. The van der Waals surface area contributed by atoms with Crippen LogP contribution in [0.3, 0.4) is 0 Å². The summed E-state index contributed by atoms with van der Waals surface area (Å²) in [5.41, 5.74) is 2.81. The van der Waals surface area contributed by atoms with Gasteiger partial charge in [0.05, 0.1) is 12.6 Å². The standard InChI is InChI=1S/C18H16N4OS/c23-18(21-16-10-24-17-8-4-3-7-15(16)17)14-6-2-1-5-13(14)9-22-12-19-11-20-22/h1-8,11-12,16H,9-10H2,(H,21,23).